The third-order valence-electron chi connectivity index (χ3n) is 3.23. The lowest BCUT2D eigenvalue weighted by Gasteiger charge is -2.06. The summed E-state index contributed by atoms with van der Waals surface area (Å²) in [5.41, 5.74) is 2.14. The summed E-state index contributed by atoms with van der Waals surface area (Å²) >= 11 is 9.23. The van der Waals surface area contributed by atoms with E-state index in [2.05, 4.69) is 38.2 Å². The number of rotatable bonds is 5. The number of halogens is 2. The molecule has 6 nitrogen and oxygen atoms in total. The van der Waals surface area contributed by atoms with E-state index < -0.39 is 0 Å². The van der Waals surface area contributed by atoms with Gasteiger partial charge >= 0.3 is 0 Å². The first-order valence-electron chi connectivity index (χ1n) is 6.91. The molecule has 0 radical (unpaired) electrons. The third kappa shape index (κ3) is 3.94. The molecule has 0 aliphatic carbocycles. The topological polar surface area (TPSA) is 80.0 Å². The van der Waals surface area contributed by atoms with E-state index >= 15 is 0 Å². The van der Waals surface area contributed by atoms with Crippen LogP contribution in [0.5, 0.6) is 0 Å². The number of nitrogens with one attached hydrogen (secondary N) is 1. The van der Waals surface area contributed by atoms with Gasteiger partial charge in [-0.25, -0.2) is 4.68 Å². The van der Waals surface area contributed by atoms with E-state index in [0.29, 0.717) is 14.9 Å². The Morgan fingerprint density at radius 3 is 2.92 bits per heavy atom. The number of carbonyl (C=O) groups is 1. The maximum absolute atomic E-state index is 12.0. The molecule has 1 aromatic carbocycles. The van der Waals surface area contributed by atoms with Crippen LogP contribution in [0.3, 0.4) is 0 Å². The Kier molecular flexibility index (Phi) is 5.49. The molecule has 0 saturated carbocycles. The first-order chi connectivity index (χ1) is 11.6. The summed E-state index contributed by atoms with van der Waals surface area (Å²) in [6.07, 6.45) is 1.73. The van der Waals surface area contributed by atoms with Crippen LogP contribution in [0, 0.1) is 3.57 Å². The smallest absolute Gasteiger partial charge is 0.261 e. The molecule has 2 aromatic heterocycles. The fourth-order valence-corrected chi connectivity index (χ4v) is 3.61. The van der Waals surface area contributed by atoms with Crippen molar-refractivity contribution in [2.45, 2.75) is 13.2 Å². The van der Waals surface area contributed by atoms with Crippen molar-refractivity contribution in [3.63, 3.8) is 0 Å². The van der Waals surface area contributed by atoms with Gasteiger partial charge in [-0.3, -0.25) is 4.79 Å². The van der Waals surface area contributed by atoms with Gasteiger partial charge in [0.25, 0.3) is 5.91 Å². The van der Waals surface area contributed by atoms with Crippen molar-refractivity contribution < 1.29 is 9.90 Å². The number of aliphatic hydroxyl groups is 1. The maximum atomic E-state index is 12.0. The molecule has 0 unspecified atom stereocenters. The van der Waals surface area contributed by atoms with Crippen molar-refractivity contribution in [3.05, 3.63) is 60.6 Å². The van der Waals surface area contributed by atoms with Crippen LogP contribution >= 0.6 is 45.5 Å². The van der Waals surface area contributed by atoms with Crippen LogP contribution in [0.15, 0.2) is 36.5 Å². The van der Waals surface area contributed by atoms with E-state index in [1.165, 1.54) is 11.3 Å². The first kappa shape index (κ1) is 17.3. The number of hydrogen-bond acceptors (Lipinski definition) is 5. The summed E-state index contributed by atoms with van der Waals surface area (Å²) in [5, 5.41) is 20.4. The monoisotopic (exact) mass is 474 g/mol. The molecule has 0 saturated heterocycles. The van der Waals surface area contributed by atoms with Crippen molar-refractivity contribution in [1.29, 1.82) is 0 Å². The van der Waals surface area contributed by atoms with Crippen molar-refractivity contribution >= 4 is 51.4 Å². The zero-order chi connectivity index (χ0) is 17.1. The summed E-state index contributed by atoms with van der Waals surface area (Å²) in [5.74, 6) is -0.202. The van der Waals surface area contributed by atoms with Crippen molar-refractivity contribution in [2.24, 2.45) is 0 Å². The zero-order valence-electron chi connectivity index (χ0n) is 12.2. The molecule has 0 fully saturated rings. The number of benzene rings is 1. The summed E-state index contributed by atoms with van der Waals surface area (Å²) in [4.78, 5) is 12.5. The second-order valence-electron chi connectivity index (χ2n) is 4.87. The van der Waals surface area contributed by atoms with Crippen LogP contribution in [-0.4, -0.2) is 26.0 Å². The first-order valence-corrected chi connectivity index (χ1v) is 9.18. The van der Waals surface area contributed by atoms with Gasteiger partial charge in [0.1, 0.15) is 5.69 Å². The van der Waals surface area contributed by atoms with Gasteiger partial charge in [0, 0.05) is 9.13 Å². The van der Waals surface area contributed by atoms with Crippen LogP contribution in [0.2, 0.25) is 4.34 Å². The van der Waals surface area contributed by atoms with Gasteiger partial charge in [0.15, 0.2) is 0 Å². The van der Waals surface area contributed by atoms with E-state index in [9.17, 15) is 9.90 Å². The van der Waals surface area contributed by atoms with E-state index in [1.54, 1.807) is 23.0 Å². The SMILES string of the molecule is O=C(NCc1cn(-c2ccc(I)cc2CO)nn1)c1ccc(Cl)s1. The van der Waals surface area contributed by atoms with Crippen LogP contribution in [0.4, 0.5) is 0 Å². The Labute approximate surface area is 160 Å². The fourth-order valence-electron chi connectivity index (χ4n) is 2.10. The molecule has 0 aliphatic rings. The molecule has 3 rings (SSSR count). The molecule has 2 heterocycles. The van der Waals surface area contributed by atoms with Gasteiger partial charge in [-0.15, -0.1) is 16.4 Å². The molecular weight excluding hydrogens is 463 g/mol. The zero-order valence-corrected chi connectivity index (χ0v) is 16.0. The van der Waals surface area contributed by atoms with Crippen LogP contribution in [0.1, 0.15) is 20.9 Å². The summed E-state index contributed by atoms with van der Waals surface area (Å²) in [7, 11) is 0. The number of aromatic nitrogens is 3. The normalized spacial score (nSPS) is 10.8. The Morgan fingerprint density at radius 2 is 2.21 bits per heavy atom. The summed E-state index contributed by atoms with van der Waals surface area (Å²) in [6, 6.07) is 9.05. The van der Waals surface area contributed by atoms with Gasteiger partial charge in [0.05, 0.1) is 34.2 Å². The lowest BCUT2D eigenvalue weighted by Crippen LogP contribution is -2.21. The third-order valence-corrected chi connectivity index (χ3v) is 5.13. The summed E-state index contributed by atoms with van der Waals surface area (Å²) < 4.78 is 3.19. The quantitative estimate of drug-likeness (QED) is 0.557. The number of hydrogen-bond donors (Lipinski definition) is 2. The van der Waals surface area contributed by atoms with Gasteiger partial charge < -0.3 is 10.4 Å². The predicted molar refractivity (Wildman–Crippen MR) is 100 cm³/mol. The largest absolute Gasteiger partial charge is 0.392 e. The molecule has 0 spiro atoms. The number of thiophene rings is 1. The Hall–Kier alpha value is -1.49. The van der Waals surface area contributed by atoms with E-state index in [4.69, 9.17) is 11.6 Å². The van der Waals surface area contributed by atoms with Gasteiger partial charge in [-0.05, 0) is 52.9 Å². The highest BCUT2D eigenvalue weighted by Gasteiger charge is 2.11. The Morgan fingerprint density at radius 1 is 1.38 bits per heavy atom. The lowest BCUT2D eigenvalue weighted by atomic mass is 10.2. The maximum Gasteiger partial charge on any atom is 0.261 e. The number of amides is 1. The second-order valence-corrected chi connectivity index (χ2v) is 7.83. The highest BCUT2D eigenvalue weighted by atomic mass is 127. The highest BCUT2D eigenvalue weighted by Crippen LogP contribution is 2.21. The minimum absolute atomic E-state index is 0.0861. The second kappa shape index (κ2) is 7.60. The molecule has 124 valence electrons. The van der Waals surface area contributed by atoms with Gasteiger partial charge in [-0.1, -0.05) is 16.8 Å². The van der Waals surface area contributed by atoms with Crippen LogP contribution in [-0.2, 0) is 13.2 Å². The van der Waals surface area contributed by atoms with Crippen molar-refractivity contribution in [3.8, 4) is 5.69 Å². The van der Waals surface area contributed by atoms with E-state index in [-0.39, 0.29) is 19.1 Å². The van der Waals surface area contributed by atoms with Crippen molar-refractivity contribution in [1.82, 2.24) is 20.3 Å². The highest BCUT2D eigenvalue weighted by molar-refractivity contribution is 14.1. The number of aliphatic hydroxyl groups excluding tert-OH is 1. The number of nitrogens with zero attached hydrogens (tertiary/aromatic N) is 3. The Bertz CT molecular complexity index is 880. The fraction of sp³-hybridized carbons (Fsp3) is 0.133. The van der Waals surface area contributed by atoms with Crippen molar-refractivity contribution in [2.75, 3.05) is 0 Å². The number of carbonyl (C=O) groups excluding carboxylic acids is 1. The van der Waals surface area contributed by atoms with Crippen LogP contribution in [0.25, 0.3) is 5.69 Å². The summed E-state index contributed by atoms with van der Waals surface area (Å²) in [6.45, 7) is 0.171. The average molecular weight is 475 g/mol. The lowest BCUT2D eigenvalue weighted by molar-refractivity contribution is 0.0954. The molecule has 0 aliphatic heterocycles. The Balaban J connectivity index is 1.71. The average Bonchev–Trinajstić information content (AvgIpc) is 3.21. The van der Waals surface area contributed by atoms with Gasteiger partial charge in [-0.2, -0.15) is 0 Å². The molecular formula is C15H12ClIN4O2S. The molecule has 0 atom stereocenters. The minimum Gasteiger partial charge on any atom is -0.392 e. The van der Waals surface area contributed by atoms with E-state index in [1.807, 2.05) is 18.2 Å². The van der Waals surface area contributed by atoms with E-state index in [0.717, 1.165) is 14.8 Å². The molecule has 9 heteroatoms. The molecule has 0 bridgehead atoms. The minimum atomic E-state index is -0.202. The molecule has 2 N–H and O–H groups in total. The molecule has 1 amide bonds. The molecule has 24 heavy (non-hydrogen) atoms. The standard InChI is InChI=1S/C15H12ClIN4O2S/c16-14-4-3-13(24-14)15(23)18-6-11-7-21(20-19-11)12-2-1-10(17)5-9(12)8-22/h1-5,7,22H,6,8H2,(H,18,23). The molecule has 3 aromatic rings. The van der Waals surface area contributed by atoms with Gasteiger partial charge in [0.2, 0.25) is 0 Å². The van der Waals surface area contributed by atoms with Crippen LogP contribution < -0.4 is 5.32 Å². The predicted octanol–water partition coefficient (Wildman–Crippen LogP) is 3.01.